The predicted molar refractivity (Wildman–Crippen MR) is 321 cm³/mol. The van der Waals surface area contributed by atoms with E-state index < -0.39 is 6.10 Å². The molecule has 0 heterocycles. The van der Waals surface area contributed by atoms with Gasteiger partial charge in [0.1, 0.15) is 13.2 Å². The summed E-state index contributed by atoms with van der Waals surface area (Å²) >= 11 is 0. The largest absolute Gasteiger partial charge is 0.462 e. The molecular formula is C68H124O6. The van der Waals surface area contributed by atoms with Gasteiger partial charge in [-0.25, -0.2) is 0 Å². The zero-order valence-corrected chi connectivity index (χ0v) is 49.6. The third kappa shape index (κ3) is 60.2. The van der Waals surface area contributed by atoms with Crippen LogP contribution in [0.25, 0.3) is 0 Å². The predicted octanol–water partition coefficient (Wildman–Crippen LogP) is 22.2. The minimum Gasteiger partial charge on any atom is -0.462 e. The van der Waals surface area contributed by atoms with Crippen LogP contribution in [0.3, 0.4) is 0 Å². The zero-order chi connectivity index (χ0) is 53.6. The Kier molecular flexibility index (Phi) is 60.7. The Hall–Kier alpha value is -2.63. The van der Waals surface area contributed by atoms with Crippen molar-refractivity contribution in [3.63, 3.8) is 0 Å². The molecule has 0 fully saturated rings. The van der Waals surface area contributed by atoms with Crippen LogP contribution >= 0.6 is 0 Å². The van der Waals surface area contributed by atoms with Gasteiger partial charge in [-0.2, -0.15) is 0 Å². The van der Waals surface area contributed by atoms with Crippen molar-refractivity contribution >= 4 is 17.9 Å². The van der Waals surface area contributed by atoms with Crippen molar-refractivity contribution in [1.82, 2.24) is 0 Å². The summed E-state index contributed by atoms with van der Waals surface area (Å²) in [6.45, 7) is 6.60. The molecule has 74 heavy (non-hydrogen) atoms. The summed E-state index contributed by atoms with van der Waals surface area (Å²) in [4.78, 5) is 38.3. The van der Waals surface area contributed by atoms with Crippen molar-refractivity contribution < 1.29 is 28.6 Å². The number of rotatable bonds is 60. The van der Waals surface area contributed by atoms with Crippen LogP contribution in [-0.2, 0) is 28.6 Å². The Morgan fingerprint density at radius 3 is 0.811 bits per heavy atom. The van der Waals surface area contributed by atoms with E-state index in [-0.39, 0.29) is 31.1 Å². The van der Waals surface area contributed by atoms with Gasteiger partial charge in [-0.1, -0.05) is 281 Å². The van der Waals surface area contributed by atoms with E-state index in [1.54, 1.807) is 0 Å². The fraction of sp³-hybridized carbons (Fsp3) is 0.838. The van der Waals surface area contributed by atoms with Crippen LogP contribution in [-0.4, -0.2) is 37.2 Å². The van der Waals surface area contributed by atoms with Gasteiger partial charge >= 0.3 is 17.9 Å². The van der Waals surface area contributed by atoms with Gasteiger partial charge in [0.25, 0.3) is 0 Å². The molecule has 0 radical (unpaired) electrons. The quantitative estimate of drug-likeness (QED) is 0.0261. The summed E-state index contributed by atoms with van der Waals surface area (Å²) in [5.41, 5.74) is 0. The van der Waals surface area contributed by atoms with Crippen LogP contribution in [0.1, 0.15) is 348 Å². The standard InChI is InChI=1S/C68H124O6/c1-4-7-10-13-16-19-22-25-27-29-30-31-32-33-34-35-36-37-38-39-41-43-46-49-52-55-58-61-67(70)73-64-65(63-72-66(69)60-57-54-51-48-45-42-24-21-18-15-12-9-6-3)74-68(71)62-59-56-53-50-47-44-40-28-26-23-20-17-14-11-8-5-2/h12,15,21,24,28-30,40,65H,4-11,13-14,16-20,22-23,25-27,31-39,41-64H2,1-3H3/b15-12-,24-21-,30-29-,40-28-. The Morgan fingerprint density at radius 2 is 0.514 bits per heavy atom. The number of esters is 3. The monoisotopic (exact) mass is 1040 g/mol. The third-order valence-electron chi connectivity index (χ3n) is 14.5. The van der Waals surface area contributed by atoms with E-state index >= 15 is 0 Å². The number of carbonyl (C=O) groups is 3. The van der Waals surface area contributed by atoms with Crippen LogP contribution in [0.15, 0.2) is 48.6 Å². The molecule has 0 saturated heterocycles. The second-order valence-electron chi connectivity index (χ2n) is 22.0. The number of allylic oxidation sites excluding steroid dienone is 8. The third-order valence-corrected chi connectivity index (χ3v) is 14.5. The van der Waals surface area contributed by atoms with Crippen molar-refractivity contribution in [2.24, 2.45) is 0 Å². The van der Waals surface area contributed by atoms with Gasteiger partial charge in [0, 0.05) is 19.3 Å². The summed E-state index contributed by atoms with van der Waals surface area (Å²) in [6.07, 6.45) is 78.5. The molecule has 0 aromatic heterocycles. The molecule has 0 saturated carbocycles. The van der Waals surface area contributed by atoms with E-state index in [1.807, 2.05) is 0 Å². The van der Waals surface area contributed by atoms with Gasteiger partial charge in [0.15, 0.2) is 6.10 Å². The molecule has 0 aromatic carbocycles. The van der Waals surface area contributed by atoms with E-state index in [4.69, 9.17) is 14.2 Å². The number of hydrogen-bond donors (Lipinski definition) is 0. The van der Waals surface area contributed by atoms with E-state index in [0.29, 0.717) is 19.3 Å². The fourth-order valence-corrected chi connectivity index (χ4v) is 9.59. The Bertz CT molecular complexity index is 1280. The smallest absolute Gasteiger partial charge is 0.306 e. The molecule has 0 rings (SSSR count). The normalized spacial score (nSPS) is 12.3. The molecule has 6 nitrogen and oxygen atoms in total. The van der Waals surface area contributed by atoms with Crippen LogP contribution < -0.4 is 0 Å². The van der Waals surface area contributed by atoms with Gasteiger partial charge in [0.2, 0.25) is 0 Å². The fourth-order valence-electron chi connectivity index (χ4n) is 9.59. The average Bonchev–Trinajstić information content (AvgIpc) is 3.40. The van der Waals surface area contributed by atoms with Crippen LogP contribution in [0.5, 0.6) is 0 Å². The summed E-state index contributed by atoms with van der Waals surface area (Å²) < 4.78 is 16.9. The summed E-state index contributed by atoms with van der Waals surface area (Å²) in [6, 6.07) is 0. The van der Waals surface area contributed by atoms with Crippen molar-refractivity contribution in [3.8, 4) is 0 Å². The van der Waals surface area contributed by atoms with E-state index in [9.17, 15) is 14.4 Å². The topological polar surface area (TPSA) is 78.9 Å². The van der Waals surface area contributed by atoms with Crippen molar-refractivity contribution in [2.45, 2.75) is 354 Å². The van der Waals surface area contributed by atoms with Gasteiger partial charge < -0.3 is 14.2 Å². The maximum Gasteiger partial charge on any atom is 0.306 e. The first-order chi connectivity index (χ1) is 36.5. The zero-order valence-electron chi connectivity index (χ0n) is 49.6. The molecule has 1 unspecified atom stereocenters. The second kappa shape index (κ2) is 62.9. The first kappa shape index (κ1) is 71.4. The highest BCUT2D eigenvalue weighted by molar-refractivity contribution is 5.71. The summed E-state index contributed by atoms with van der Waals surface area (Å²) in [5.74, 6) is -0.883. The van der Waals surface area contributed by atoms with Crippen LogP contribution in [0, 0.1) is 0 Å². The van der Waals surface area contributed by atoms with Crippen molar-refractivity contribution in [1.29, 1.82) is 0 Å². The summed E-state index contributed by atoms with van der Waals surface area (Å²) in [7, 11) is 0. The highest BCUT2D eigenvalue weighted by Gasteiger charge is 2.19. The maximum atomic E-state index is 12.9. The minimum absolute atomic E-state index is 0.0782. The van der Waals surface area contributed by atoms with Crippen molar-refractivity contribution in [2.75, 3.05) is 13.2 Å². The lowest BCUT2D eigenvalue weighted by Crippen LogP contribution is -2.30. The molecule has 0 aromatic rings. The SMILES string of the molecule is CCC/C=C\C/C=C\CCCCCCCC(=O)OCC(COC(=O)CCCCCCCCCCCCCCCCC/C=C\CCCCCCCCCC)OC(=O)CCCCCCC/C=C\CCCCCCCCC. The number of unbranched alkanes of at least 4 members (excludes halogenated alkanes) is 41. The lowest BCUT2D eigenvalue weighted by Gasteiger charge is -2.18. The van der Waals surface area contributed by atoms with Crippen molar-refractivity contribution in [3.05, 3.63) is 48.6 Å². The average molecular weight is 1040 g/mol. The second-order valence-corrected chi connectivity index (χ2v) is 22.0. The van der Waals surface area contributed by atoms with Gasteiger partial charge in [-0.3, -0.25) is 14.4 Å². The molecule has 0 aliphatic rings. The first-order valence-electron chi connectivity index (χ1n) is 32.6. The van der Waals surface area contributed by atoms with E-state index in [0.717, 1.165) is 89.9 Å². The van der Waals surface area contributed by atoms with Gasteiger partial charge in [0.05, 0.1) is 0 Å². The van der Waals surface area contributed by atoms with Gasteiger partial charge in [-0.15, -0.1) is 0 Å². The lowest BCUT2D eigenvalue weighted by atomic mass is 10.0. The molecule has 0 spiro atoms. The molecule has 1 atom stereocenters. The lowest BCUT2D eigenvalue weighted by molar-refractivity contribution is -0.167. The number of ether oxygens (including phenoxy) is 3. The molecule has 0 amide bonds. The Labute approximate surface area is 460 Å². The molecule has 6 heteroatoms. The summed E-state index contributed by atoms with van der Waals surface area (Å²) in [5, 5.41) is 0. The minimum atomic E-state index is -0.782. The Morgan fingerprint density at radius 1 is 0.270 bits per heavy atom. The van der Waals surface area contributed by atoms with Gasteiger partial charge in [-0.05, 0) is 96.3 Å². The van der Waals surface area contributed by atoms with E-state index in [1.165, 1.54) is 218 Å². The highest BCUT2D eigenvalue weighted by Crippen LogP contribution is 2.17. The maximum absolute atomic E-state index is 12.9. The Balaban J connectivity index is 4.22. The van der Waals surface area contributed by atoms with E-state index in [2.05, 4.69) is 69.4 Å². The van der Waals surface area contributed by atoms with Crippen LogP contribution in [0.2, 0.25) is 0 Å². The molecule has 0 aliphatic heterocycles. The molecule has 0 N–H and O–H groups in total. The number of hydrogen-bond acceptors (Lipinski definition) is 6. The van der Waals surface area contributed by atoms with Crippen LogP contribution in [0.4, 0.5) is 0 Å². The molecular weight excluding hydrogens is 913 g/mol. The molecule has 432 valence electrons. The highest BCUT2D eigenvalue weighted by atomic mass is 16.6. The molecule has 0 bridgehead atoms. The first-order valence-corrected chi connectivity index (χ1v) is 32.6. The molecule has 0 aliphatic carbocycles. The number of carbonyl (C=O) groups excluding carboxylic acids is 3.